The van der Waals surface area contributed by atoms with Crippen LogP contribution >= 0.6 is 0 Å². The number of aromatic nitrogens is 9. The minimum atomic E-state index is -0.442. The fourth-order valence-corrected chi connectivity index (χ4v) is 2.88. The Morgan fingerprint density at radius 1 is 1.26 bits per heavy atom. The molecule has 31 heavy (non-hydrogen) atoms. The highest BCUT2D eigenvalue weighted by molar-refractivity contribution is 5.69. The van der Waals surface area contributed by atoms with E-state index in [0.717, 1.165) is 0 Å². The molecule has 3 aromatic rings. The first kappa shape index (κ1) is 22.4. The number of aryl methyl sites for hydroxylation is 2. The van der Waals surface area contributed by atoms with E-state index in [4.69, 9.17) is 14.1 Å². The van der Waals surface area contributed by atoms with Crippen molar-refractivity contribution in [1.82, 2.24) is 50.8 Å². The van der Waals surface area contributed by atoms with Gasteiger partial charge < -0.3 is 9.47 Å². The third kappa shape index (κ3) is 6.62. The number of carbonyl (C=O) groups excluding carboxylic acids is 1. The van der Waals surface area contributed by atoms with Crippen molar-refractivity contribution in [3.63, 3.8) is 0 Å². The Labute approximate surface area is 178 Å². The van der Waals surface area contributed by atoms with Crippen LogP contribution in [0, 0.1) is 6.92 Å². The second-order valence-electron chi connectivity index (χ2n) is 6.57. The Hall–Kier alpha value is -3.26. The average Bonchev–Trinajstić information content (AvgIpc) is 3.51. The molecule has 14 heteroatoms. The number of carbonyl (C=O) groups is 1. The number of esters is 1. The quantitative estimate of drug-likeness (QED) is 0.261. The van der Waals surface area contributed by atoms with Gasteiger partial charge in [0.15, 0.2) is 5.82 Å². The molecule has 0 bridgehead atoms. The molecule has 3 heterocycles. The number of tetrazole rings is 1. The van der Waals surface area contributed by atoms with Crippen LogP contribution in [0.3, 0.4) is 0 Å². The topological polar surface area (TPSA) is 161 Å². The van der Waals surface area contributed by atoms with E-state index in [1.807, 2.05) is 0 Å². The summed E-state index contributed by atoms with van der Waals surface area (Å²) in [5.41, 5.74) is 1.22. The molecular formula is C17H26N10O4. The van der Waals surface area contributed by atoms with Gasteiger partial charge in [-0.3, -0.25) is 14.8 Å². The molecule has 1 N–H and O–H groups in total. The molecule has 0 radical (unpaired) electrons. The lowest BCUT2D eigenvalue weighted by Crippen LogP contribution is -2.30. The Bertz CT molecular complexity index is 910. The van der Waals surface area contributed by atoms with Crippen molar-refractivity contribution in [2.75, 3.05) is 26.4 Å². The van der Waals surface area contributed by atoms with Crippen LogP contribution in [0.15, 0.2) is 17.0 Å². The summed E-state index contributed by atoms with van der Waals surface area (Å²) in [6, 6.07) is -0.442. The molecule has 0 saturated heterocycles. The minimum absolute atomic E-state index is 0.244. The number of nitrogens with zero attached hydrogens (tertiary/aromatic N) is 9. The van der Waals surface area contributed by atoms with Gasteiger partial charge in [0.1, 0.15) is 17.4 Å². The van der Waals surface area contributed by atoms with Crippen LogP contribution in [0.1, 0.15) is 43.0 Å². The maximum Gasteiger partial charge on any atom is 0.305 e. The zero-order chi connectivity index (χ0) is 21.9. The lowest BCUT2D eigenvalue weighted by molar-refractivity contribution is -0.143. The molecule has 1 unspecified atom stereocenters. The highest BCUT2D eigenvalue weighted by Crippen LogP contribution is 2.20. The summed E-state index contributed by atoms with van der Waals surface area (Å²) in [6.07, 6.45) is 4.23. The molecule has 3 rings (SSSR count). The van der Waals surface area contributed by atoms with Gasteiger partial charge in [0.2, 0.25) is 0 Å². The Balaban J connectivity index is 1.55. The number of hydrogen-bond acceptors (Lipinski definition) is 12. The molecule has 168 valence electrons. The lowest BCUT2D eigenvalue weighted by atomic mass is 10.1. The molecule has 0 amide bonds. The van der Waals surface area contributed by atoms with Gasteiger partial charge in [0.05, 0.1) is 32.6 Å². The van der Waals surface area contributed by atoms with Gasteiger partial charge in [-0.25, -0.2) is 9.31 Å². The second-order valence-corrected chi connectivity index (χ2v) is 6.57. The Kier molecular flexibility index (Phi) is 8.54. The third-order valence-electron chi connectivity index (χ3n) is 4.37. The SMILES string of the molecule is CCOC(=O)CCCn1nnnc1C(NCCOCCn1ccnn1)c1nonc1C. The van der Waals surface area contributed by atoms with Crippen LogP contribution < -0.4 is 5.32 Å². The predicted octanol–water partition coefficient (Wildman–Crippen LogP) is -0.305. The summed E-state index contributed by atoms with van der Waals surface area (Å²) in [5.74, 6) is 0.302. The summed E-state index contributed by atoms with van der Waals surface area (Å²) in [6.45, 7) is 6.49. The van der Waals surface area contributed by atoms with Crippen LogP contribution in [0.2, 0.25) is 0 Å². The van der Waals surface area contributed by atoms with Crippen molar-refractivity contribution in [3.05, 3.63) is 29.6 Å². The highest BCUT2D eigenvalue weighted by atomic mass is 16.6. The highest BCUT2D eigenvalue weighted by Gasteiger charge is 2.26. The second kappa shape index (κ2) is 11.8. The van der Waals surface area contributed by atoms with E-state index >= 15 is 0 Å². The Morgan fingerprint density at radius 3 is 2.90 bits per heavy atom. The molecule has 1 atom stereocenters. The van der Waals surface area contributed by atoms with Gasteiger partial charge in [-0.1, -0.05) is 15.5 Å². The molecule has 0 aromatic carbocycles. The van der Waals surface area contributed by atoms with E-state index in [2.05, 4.69) is 41.5 Å². The summed E-state index contributed by atoms with van der Waals surface area (Å²) in [5, 5.41) is 30.8. The molecular weight excluding hydrogens is 408 g/mol. The van der Waals surface area contributed by atoms with E-state index in [9.17, 15) is 4.79 Å². The van der Waals surface area contributed by atoms with Crippen LogP contribution in [0.25, 0.3) is 0 Å². The standard InChI is InChI=1S/C17H26N10O4/c1-3-30-14(28)5-4-8-27-17(20-23-25-27)16(15-13(2)21-31-22-15)18-7-11-29-12-10-26-9-6-19-24-26/h6,9,16,18H,3-5,7-8,10-12H2,1-2H3. The lowest BCUT2D eigenvalue weighted by Gasteiger charge is -2.16. The van der Waals surface area contributed by atoms with E-state index in [1.165, 1.54) is 0 Å². The first-order valence-electron chi connectivity index (χ1n) is 10.0. The fourth-order valence-electron chi connectivity index (χ4n) is 2.88. The van der Waals surface area contributed by atoms with E-state index in [0.29, 0.717) is 63.1 Å². The van der Waals surface area contributed by atoms with Crippen molar-refractivity contribution in [3.8, 4) is 0 Å². The Morgan fingerprint density at radius 2 is 2.16 bits per heavy atom. The summed E-state index contributed by atoms with van der Waals surface area (Å²) < 4.78 is 18.8. The van der Waals surface area contributed by atoms with Gasteiger partial charge in [-0.2, -0.15) is 0 Å². The number of ether oxygens (including phenoxy) is 2. The first-order chi connectivity index (χ1) is 15.2. The number of rotatable bonds is 14. The van der Waals surface area contributed by atoms with Crippen LogP contribution in [-0.4, -0.2) is 77.8 Å². The largest absolute Gasteiger partial charge is 0.466 e. The summed E-state index contributed by atoms with van der Waals surface area (Å²) in [4.78, 5) is 11.6. The normalized spacial score (nSPS) is 12.2. The smallest absolute Gasteiger partial charge is 0.305 e. The summed E-state index contributed by atoms with van der Waals surface area (Å²) >= 11 is 0. The first-order valence-corrected chi connectivity index (χ1v) is 10.0. The predicted molar refractivity (Wildman–Crippen MR) is 103 cm³/mol. The molecule has 0 aliphatic heterocycles. The molecule has 0 saturated carbocycles. The van der Waals surface area contributed by atoms with Crippen LogP contribution in [0.4, 0.5) is 0 Å². The minimum Gasteiger partial charge on any atom is -0.466 e. The molecule has 3 aromatic heterocycles. The van der Waals surface area contributed by atoms with Crippen molar-refractivity contribution in [1.29, 1.82) is 0 Å². The zero-order valence-electron chi connectivity index (χ0n) is 17.5. The molecule has 0 fully saturated rings. The summed E-state index contributed by atoms with van der Waals surface area (Å²) in [7, 11) is 0. The van der Waals surface area contributed by atoms with Crippen molar-refractivity contribution in [2.45, 2.75) is 45.8 Å². The van der Waals surface area contributed by atoms with E-state index in [1.54, 1.807) is 35.6 Å². The van der Waals surface area contributed by atoms with E-state index < -0.39 is 6.04 Å². The fraction of sp³-hybridized carbons (Fsp3) is 0.647. The monoisotopic (exact) mass is 434 g/mol. The third-order valence-corrected chi connectivity index (χ3v) is 4.37. The van der Waals surface area contributed by atoms with Crippen molar-refractivity contribution >= 4 is 5.97 Å². The number of nitrogens with one attached hydrogen (secondary N) is 1. The zero-order valence-corrected chi connectivity index (χ0v) is 17.5. The number of hydrogen-bond donors (Lipinski definition) is 1. The van der Waals surface area contributed by atoms with Gasteiger partial charge in [-0.05, 0) is 30.7 Å². The van der Waals surface area contributed by atoms with E-state index in [-0.39, 0.29) is 12.4 Å². The van der Waals surface area contributed by atoms with Crippen molar-refractivity contribution < 1.29 is 18.9 Å². The molecule has 0 aliphatic carbocycles. The van der Waals surface area contributed by atoms with Gasteiger partial charge in [-0.15, -0.1) is 10.2 Å². The van der Waals surface area contributed by atoms with Crippen LogP contribution in [-0.2, 0) is 27.4 Å². The van der Waals surface area contributed by atoms with Gasteiger partial charge in [0.25, 0.3) is 0 Å². The van der Waals surface area contributed by atoms with Gasteiger partial charge in [0, 0.05) is 25.7 Å². The van der Waals surface area contributed by atoms with Crippen LogP contribution in [0.5, 0.6) is 0 Å². The molecule has 0 aliphatic rings. The van der Waals surface area contributed by atoms with Gasteiger partial charge >= 0.3 is 5.97 Å². The maximum atomic E-state index is 11.6. The van der Waals surface area contributed by atoms with Crippen molar-refractivity contribution in [2.24, 2.45) is 0 Å². The average molecular weight is 434 g/mol. The molecule has 0 spiro atoms. The maximum absolute atomic E-state index is 11.6. The molecule has 14 nitrogen and oxygen atoms in total.